The summed E-state index contributed by atoms with van der Waals surface area (Å²) >= 11 is 0. The molecular formula is C18H32O2Si. The molecule has 0 saturated carbocycles. The standard InChI is InChI=1S/C18H32O2Si/c1-18(2,3)21(4,5)20-14-10-8-6-7-9-11-16-12-13-17(19)15-16/h7,9,12-13,16H,6,8,10-11,14-15H2,1-5H3/b9-7-/t16-/m0/s1. The number of hydrogen-bond donors (Lipinski definition) is 0. The summed E-state index contributed by atoms with van der Waals surface area (Å²) < 4.78 is 6.16. The number of carbonyl (C=O) groups is 1. The Balaban J connectivity index is 2.05. The lowest BCUT2D eigenvalue weighted by atomic mass is 10.0. The molecule has 0 radical (unpaired) electrons. The van der Waals surface area contributed by atoms with Gasteiger partial charge in [-0.05, 0) is 55.8 Å². The fourth-order valence-electron chi connectivity index (χ4n) is 2.10. The third-order valence-electron chi connectivity index (χ3n) is 4.66. The molecule has 0 bridgehead atoms. The average molecular weight is 309 g/mol. The number of rotatable bonds is 8. The zero-order valence-electron chi connectivity index (χ0n) is 14.4. The minimum atomic E-state index is -1.56. The Bertz CT molecular complexity index is 389. The maximum Gasteiger partial charge on any atom is 0.191 e. The van der Waals surface area contributed by atoms with E-state index >= 15 is 0 Å². The number of carbonyl (C=O) groups excluding carboxylic acids is 1. The first kappa shape index (κ1) is 18.4. The van der Waals surface area contributed by atoms with Gasteiger partial charge in [0.25, 0.3) is 0 Å². The van der Waals surface area contributed by atoms with Crippen molar-refractivity contribution < 1.29 is 9.22 Å². The van der Waals surface area contributed by atoms with Crippen LogP contribution in [0.3, 0.4) is 0 Å². The summed E-state index contributed by atoms with van der Waals surface area (Å²) in [5.74, 6) is 0.715. The third-order valence-corrected chi connectivity index (χ3v) is 9.20. The molecule has 1 aliphatic rings. The molecular weight excluding hydrogens is 276 g/mol. The topological polar surface area (TPSA) is 26.3 Å². The van der Waals surface area contributed by atoms with E-state index in [-0.39, 0.29) is 5.78 Å². The summed E-state index contributed by atoms with van der Waals surface area (Å²) in [4.78, 5) is 11.1. The number of hydrogen-bond acceptors (Lipinski definition) is 2. The lowest BCUT2D eigenvalue weighted by Crippen LogP contribution is -2.40. The molecule has 1 atom stereocenters. The molecule has 0 unspecified atom stereocenters. The molecule has 0 aromatic rings. The van der Waals surface area contributed by atoms with Crippen LogP contribution in [0.5, 0.6) is 0 Å². The molecule has 2 nitrogen and oxygen atoms in total. The van der Waals surface area contributed by atoms with Crippen molar-refractivity contribution in [1.82, 2.24) is 0 Å². The minimum Gasteiger partial charge on any atom is -0.417 e. The summed E-state index contributed by atoms with van der Waals surface area (Å²) in [6.45, 7) is 12.4. The molecule has 0 saturated heterocycles. The van der Waals surface area contributed by atoms with Crippen LogP contribution in [-0.4, -0.2) is 20.7 Å². The predicted molar refractivity (Wildman–Crippen MR) is 93.0 cm³/mol. The number of ketones is 1. The van der Waals surface area contributed by atoms with E-state index in [0.29, 0.717) is 17.4 Å². The van der Waals surface area contributed by atoms with Crippen molar-refractivity contribution in [2.45, 2.75) is 71.0 Å². The lowest BCUT2D eigenvalue weighted by molar-refractivity contribution is -0.114. The molecule has 120 valence electrons. The molecule has 3 heteroatoms. The van der Waals surface area contributed by atoms with Gasteiger partial charge in [-0.25, -0.2) is 0 Å². The maximum atomic E-state index is 11.1. The molecule has 0 amide bonds. The van der Waals surface area contributed by atoms with Crippen LogP contribution in [-0.2, 0) is 9.22 Å². The van der Waals surface area contributed by atoms with Crippen LogP contribution in [0.25, 0.3) is 0 Å². The van der Waals surface area contributed by atoms with E-state index < -0.39 is 8.32 Å². The second kappa shape index (κ2) is 8.09. The van der Waals surface area contributed by atoms with Gasteiger partial charge in [0.2, 0.25) is 0 Å². The van der Waals surface area contributed by atoms with Gasteiger partial charge < -0.3 is 4.43 Å². The van der Waals surface area contributed by atoms with E-state index in [9.17, 15) is 4.79 Å². The normalized spacial score (nSPS) is 19.9. The lowest BCUT2D eigenvalue weighted by Gasteiger charge is -2.36. The highest BCUT2D eigenvalue weighted by molar-refractivity contribution is 6.74. The third kappa shape index (κ3) is 6.75. The van der Waals surface area contributed by atoms with E-state index in [4.69, 9.17) is 4.43 Å². The quantitative estimate of drug-likeness (QED) is 0.347. The van der Waals surface area contributed by atoms with Gasteiger partial charge in [-0.15, -0.1) is 0 Å². The molecule has 21 heavy (non-hydrogen) atoms. The maximum absolute atomic E-state index is 11.1. The fraction of sp³-hybridized carbons (Fsp3) is 0.722. The Morgan fingerprint density at radius 2 is 2.00 bits per heavy atom. The Morgan fingerprint density at radius 3 is 2.57 bits per heavy atom. The van der Waals surface area contributed by atoms with Crippen molar-refractivity contribution in [3.8, 4) is 0 Å². The van der Waals surface area contributed by atoms with Crippen LogP contribution in [0.1, 0.15) is 52.9 Å². The summed E-state index contributed by atoms with van der Waals surface area (Å²) in [5.41, 5.74) is 0. The molecule has 0 aliphatic heterocycles. The van der Waals surface area contributed by atoms with Gasteiger partial charge in [-0.2, -0.15) is 0 Å². The second-order valence-corrected chi connectivity index (χ2v) is 12.4. The van der Waals surface area contributed by atoms with Gasteiger partial charge in [0.15, 0.2) is 14.1 Å². The molecule has 1 aliphatic carbocycles. The first-order valence-electron chi connectivity index (χ1n) is 8.22. The molecule has 0 heterocycles. The second-order valence-electron chi connectivity index (χ2n) is 7.60. The summed E-state index contributed by atoms with van der Waals surface area (Å²) in [5, 5.41) is 0.305. The predicted octanol–water partition coefficient (Wildman–Crippen LogP) is 5.27. The Morgan fingerprint density at radius 1 is 1.29 bits per heavy atom. The van der Waals surface area contributed by atoms with Gasteiger partial charge in [0.1, 0.15) is 0 Å². The van der Waals surface area contributed by atoms with Crippen LogP contribution in [0.2, 0.25) is 18.1 Å². The van der Waals surface area contributed by atoms with Crippen molar-refractivity contribution in [2.75, 3.05) is 6.61 Å². The highest BCUT2D eigenvalue weighted by Crippen LogP contribution is 2.36. The highest BCUT2D eigenvalue weighted by atomic mass is 28.4. The van der Waals surface area contributed by atoms with Crippen molar-refractivity contribution in [3.05, 3.63) is 24.3 Å². The van der Waals surface area contributed by atoms with Crippen molar-refractivity contribution >= 4 is 14.1 Å². The van der Waals surface area contributed by atoms with Crippen molar-refractivity contribution in [1.29, 1.82) is 0 Å². The van der Waals surface area contributed by atoms with Crippen LogP contribution < -0.4 is 0 Å². The van der Waals surface area contributed by atoms with Crippen LogP contribution in [0.15, 0.2) is 24.3 Å². The number of unbranched alkanes of at least 4 members (excludes halogenated alkanes) is 2. The van der Waals surface area contributed by atoms with Gasteiger partial charge in [-0.1, -0.05) is 39.0 Å². The molecule has 0 fully saturated rings. The van der Waals surface area contributed by atoms with Crippen LogP contribution >= 0.6 is 0 Å². The zero-order chi connectivity index (χ0) is 15.9. The van der Waals surface area contributed by atoms with E-state index in [1.807, 2.05) is 6.08 Å². The van der Waals surface area contributed by atoms with Crippen molar-refractivity contribution in [2.24, 2.45) is 5.92 Å². The largest absolute Gasteiger partial charge is 0.417 e. The monoisotopic (exact) mass is 308 g/mol. The van der Waals surface area contributed by atoms with E-state index in [0.717, 1.165) is 25.9 Å². The molecule has 0 spiro atoms. The smallest absolute Gasteiger partial charge is 0.191 e. The molecule has 0 N–H and O–H groups in total. The summed E-state index contributed by atoms with van der Waals surface area (Å²) in [6, 6.07) is 0. The molecule has 1 rings (SSSR count). The van der Waals surface area contributed by atoms with Crippen LogP contribution in [0.4, 0.5) is 0 Å². The zero-order valence-corrected chi connectivity index (χ0v) is 15.4. The average Bonchev–Trinajstić information content (AvgIpc) is 2.77. The van der Waals surface area contributed by atoms with E-state index in [1.54, 1.807) is 6.08 Å². The first-order valence-corrected chi connectivity index (χ1v) is 11.1. The van der Waals surface area contributed by atoms with E-state index in [2.05, 4.69) is 46.0 Å². The minimum absolute atomic E-state index is 0.274. The van der Waals surface area contributed by atoms with E-state index in [1.165, 1.54) is 6.42 Å². The number of allylic oxidation sites excluding steroid dienone is 4. The Labute approximate surface area is 131 Å². The Kier molecular flexibility index (Phi) is 7.08. The van der Waals surface area contributed by atoms with Gasteiger partial charge >= 0.3 is 0 Å². The summed E-state index contributed by atoms with van der Waals surface area (Å²) in [6.07, 6.45) is 13.4. The Hall–Kier alpha value is -0.673. The van der Waals surface area contributed by atoms with Crippen LogP contribution in [0, 0.1) is 5.92 Å². The fourth-order valence-corrected chi connectivity index (χ4v) is 3.18. The van der Waals surface area contributed by atoms with Crippen molar-refractivity contribution in [3.63, 3.8) is 0 Å². The SMILES string of the molecule is CC(C)(C)[Si](C)(C)OCCCC/C=C\C[C@H]1C=CC(=O)C1. The van der Waals surface area contributed by atoms with Gasteiger partial charge in [0, 0.05) is 13.0 Å². The summed E-state index contributed by atoms with van der Waals surface area (Å²) in [7, 11) is -1.56. The van der Waals surface area contributed by atoms with Gasteiger partial charge in [0.05, 0.1) is 0 Å². The highest BCUT2D eigenvalue weighted by Gasteiger charge is 2.36. The van der Waals surface area contributed by atoms with Gasteiger partial charge in [-0.3, -0.25) is 4.79 Å². The molecule has 0 aromatic heterocycles. The molecule has 0 aromatic carbocycles. The first-order chi connectivity index (χ1) is 9.72.